The third-order valence-corrected chi connectivity index (χ3v) is 4.60. The topological polar surface area (TPSA) is 92.7 Å². The van der Waals surface area contributed by atoms with Crippen molar-refractivity contribution in [2.75, 3.05) is 0 Å². The van der Waals surface area contributed by atoms with Crippen LogP contribution in [-0.4, -0.2) is 25.7 Å². The van der Waals surface area contributed by atoms with Gasteiger partial charge in [0.15, 0.2) is 0 Å². The highest BCUT2D eigenvalue weighted by Crippen LogP contribution is 2.18. The normalized spacial score (nSPS) is 14.4. The molecule has 7 nitrogen and oxygen atoms in total. The molecule has 128 valence electrons. The lowest BCUT2D eigenvalue weighted by molar-refractivity contribution is -0.124. The molecule has 2 heterocycles. The number of para-hydroxylation sites is 2. The van der Waals surface area contributed by atoms with Gasteiger partial charge in [-0.15, -0.1) is 0 Å². The third kappa shape index (κ3) is 2.93. The highest BCUT2D eigenvalue weighted by Gasteiger charge is 2.21. The number of nitrogens with zero attached hydrogens (tertiary/aromatic N) is 3. The minimum Gasteiger partial charge on any atom is -0.347 e. The fourth-order valence-corrected chi connectivity index (χ4v) is 3.21. The van der Waals surface area contributed by atoms with Crippen molar-refractivity contribution in [1.82, 2.24) is 25.1 Å². The average Bonchev–Trinajstić information content (AvgIpc) is 3.23. The molecule has 1 aliphatic carbocycles. The zero-order valence-corrected chi connectivity index (χ0v) is 14.0. The largest absolute Gasteiger partial charge is 0.347 e. The molecule has 2 aromatic heterocycles. The van der Waals surface area contributed by atoms with Gasteiger partial charge in [-0.25, -0.2) is 9.67 Å². The van der Waals surface area contributed by atoms with Crippen LogP contribution >= 0.6 is 0 Å². The summed E-state index contributed by atoms with van der Waals surface area (Å²) in [6.07, 6.45) is 2.77. The molecular formula is C18H19N5O2. The molecule has 3 aromatic rings. The zero-order chi connectivity index (χ0) is 17.4. The first-order valence-electron chi connectivity index (χ1n) is 8.45. The van der Waals surface area contributed by atoms with Gasteiger partial charge < -0.3 is 10.3 Å². The second-order valence-corrected chi connectivity index (χ2v) is 6.35. The number of fused-ring (bicyclic) bond motifs is 2. The summed E-state index contributed by atoms with van der Waals surface area (Å²) in [5, 5.41) is 7.20. The van der Waals surface area contributed by atoms with E-state index in [1.54, 1.807) is 13.0 Å². The van der Waals surface area contributed by atoms with Gasteiger partial charge in [0.2, 0.25) is 5.91 Å². The van der Waals surface area contributed by atoms with Crippen LogP contribution in [-0.2, 0) is 24.2 Å². The Balaban J connectivity index is 1.48. The molecule has 1 amide bonds. The van der Waals surface area contributed by atoms with Crippen LogP contribution in [0.1, 0.15) is 36.5 Å². The Bertz CT molecular complexity index is 971. The summed E-state index contributed by atoms with van der Waals surface area (Å²) in [5.41, 5.74) is 3.49. The lowest BCUT2D eigenvalue weighted by atomic mass is 10.2. The van der Waals surface area contributed by atoms with Gasteiger partial charge >= 0.3 is 0 Å². The van der Waals surface area contributed by atoms with E-state index in [-0.39, 0.29) is 18.0 Å². The fourth-order valence-electron chi connectivity index (χ4n) is 3.21. The van der Waals surface area contributed by atoms with E-state index in [1.165, 1.54) is 4.68 Å². The summed E-state index contributed by atoms with van der Waals surface area (Å²) in [7, 11) is 0. The average molecular weight is 337 g/mol. The number of aromatic amines is 1. The Hall–Kier alpha value is -2.96. The predicted octanol–water partition coefficient (Wildman–Crippen LogP) is 1.49. The summed E-state index contributed by atoms with van der Waals surface area (Å²) in [4.78, 5) is 32.2. The molecular weight excluding hydrogens is 318 g/mol. The number of hydrogen-bond donors (Lipinski definition) is 2. The molecule has 0 bridgehead atoms. The van der Waals surface area contributed by atoms with E-state index < -0.39 is 6.04 Å². The van der Waals surface area contributed by atoms with Gasteiger partial charge in [-0.1, -0.05) is 12.1 Å². The van der Waals surface area contributed by atoms with Crippen molar-refractivity contribution >= 4 is 16.9 Å². The molecule has 7 heteroatoms. The van der Waals surface area contributed by atoms with Gasteiger partial charge in [0.1, 0.15) is 11.9 Å². The van der Waals surface area contributed by atoms with E-state index >= 15 is 0 Å². The number of nitrogens with one attached hydrogen (secondary N) is 2. The van der Waals surface area contributed by atoms with E-state index in [1.807, 2.05) is 24.3 Å². The number of carbonyl (C=O) groups is 1. The number of rotatable bonds is 4. The van der Waals surface area contributed by atoms with Crippen LogP contribution in [0.4, 0.5) is 0 Å². The molecule has 0 saturated heterocycles. The molecule has 0 aliphatic heterocycles. The highest BCUT2D eigenvalue weighted by molar-refractivity contribution is 5.80. The van der Waals surface area contributed by atoms with Gasteiger partial charge in [-0.05, 0) is 43.9 Å². The number of aromatic nitrogens is 4. The quantitative estimate of drug-likeness (QED) is 0.754. The predicted molar refractivity (Wildman–Crippen MR) is 93.2 cm³/mol. The SMILES string of the molecule is CC(C(=O)NCc1nc2ccccc2[nH]1)n1nc2c(cc1=O)CCC2. The number of hydrogen-bond acceptors (Lipinski definition) is 4. The summed E-state index contributed by atoms with van der Waals surface area (Å²) in [6, 6.07) is 8.63. The molecule has 0 radical (unpaired) electrons. The first-order chi connectivity index (χ1) is 12.1. The number of aryl methyl sites for hydroxylation is 2. The summed E-state index contributed by atoms with van der Waals surface area (Å²) >= 11 is 0. The molecule has 0 fully saturated rings. The van der Waals surface area contributed by atoms with Gasteiger partial charge in [0, 0.05) is 6.07 Å². The Morgan fingerprint density at radius 2 is 2.20 bits per heavy atom. The summed E-state index contributed by atoms with van der Waals surface area (Å²) in [6.45, 7) is 1.96. The van der Waals surface area contributed by atoms with E-state index in [0.717, 1.165) is 41.6 Å². The van der Waals surface area contributed by atoms with E-state index in [9.17, 15) is 9.59 Å². The Morgan fingerprint density at radius 1 is 1.36 bits per heavy atom. The van der Waals surface area contributed by atoms with Crippen LogP contribution in [0.3, 0.4) is 0 Å². The van der Waals surface area contributed by atoms with Crippen LogP contribution in [0.15, 0.2) is 35.1 Å². The third-order valence-electron chi connectivity index (χ3n) is 4.60. The first kappa shape index (κ1) is 15.6. The number of imidazole rings is 1. The van der Waals surface area contributed by atoms with Crippen molar-refractivity contribution < 1.29 is 4.79 Å². The van der Waals surface area contributed by atoms with Gasteiger partial charge in [0.25, 0.3) is 5.56 Å². The Labute approximate surface area is 144 Å². The van der Waals surface area contributed by atoms with Crippen LogP contribution < -0.4 is 10.9 Å². The van der Waals surface area contributed by atoms with Crippen molar-refractivity contribution in [3.05, 3.63) is 57.8 Å². The molecule has 1 aromatic carbocycles. The summed E-state index contributed by atoms with van der Waals surface area (Å²) < 4.78 is 1.28. The van der Waals surface area contributed by atoms with Crippen molar-refractivity contribution in [2.24, 2.45) is 0 Å². The number of H-pyrrole nitrogens is 1. The van der Waals surface area contributed by atoms with Crippen molar-refractivity contribution in [3.8, 4) is 0 Å². The van der Waals surface area contributed by atoms with Crippen molar-refractivity contribution in [1.29, 1.82) is 0 Å². The lowest BCUT2D eigenvalue weighted by Crippen LogP contribution is -2.37. The monoisotopic (exact) mass is 337 g/mol. The van der Waals surface area contributed by atoms with Crippen molar-refractivity contribution in [2.45, 2.75) is 38.8 Å². The van der Waals surface area contributed by atoms with Crippen LogP contribution in [0.5, 0.6) is 0 Å². The van der Waals surface area contributed by atoms with Crippen LogP contribution in [0.2, 0.25) is 0 Å². The van der Waals surface area contributed by atoms with Gasteiger partial charge in [0.05, 0.1) is 23.3 Å². The number of benzene rings is 1. The van der Waals surface area contributed by atoms with E-state index in [2.05, 4.69) is 20.4 Å². The molecule has 25 heavy (non-hydrogen) atoms. The Kier molecular flexibility index (Phi) is 3.83. The molecule has 4 rings (SSSR count). The van der Waals surface area contributed by atoms with Crippen molar-refractivity contribution in [3.63, 3.8) is 0 Å². The maximum Gasteiger partial charge on any atom is 0.267 e. The lowest BCUT2D eigenvalue weighted by Gasteiger charge is -2.14. The van der Waals surface area contributed by atoms with Gasteiger partial charge in [-0.2, -0.15) is 5.10 Å². The highest BCUT2D eigenvalue weighted by atomic mass is 16.2. The molecule has 1 unspecified atom stereocenters. The molecule has 0 saturated carbocycles. The standard InChI is InChI=1S/C18H19N5O2/c1-11(23-17(24)9-12-5-4-8-13(12)22-23)18(25)19-10-16-20-14-6-2-3-7-15(14)21-16/h2-3,6-7,9,11H,4-5,8,10H2,1H3,(H,19,25)(H,20,21). The fraction of sp³-hybridized carbons (Fsp3) is 0.333. The molecule has 1 aliphatic rings. The second-order valence-electron chi connectivity index (χ2n) is 6.35. The zero-order valence-electron chi connectivity index (χ0n) is 14.0. The van der Waals surface area contributed by atoms with Crippen LogP contribution in [0.25, 0.3) is 11.0 Å². The molecule has 1 atom stereocenters. The first-order valence-corrected chi connectivity index (χ1v) is 8.45. The summed E-state index contributed by atoms with van der Waals surface area (Å²) in [5.74, 6) is 0.420. The minimum atomic E-state index is -0.664. The molecule has 2 N–H and O–H groups in total. The number of amides is 1. The van der Waals surface area contributed by atoms with Gasteiger partial charge in [-0.3, -0.25) is 9.59 Å². The number of carbonyl (C=O) groups excluding carboxylic acids is 1. The molecule has 0 spiro atoms. The maximum atomic E-state index is 12.4. The van der Waals surface area contributed by atoms with Crippen LogP contribution in [0, 0.1) is 0 Å². The smallest absolute Gasteiger partial charge is 0.267 e. The van der Waals surface area contributed by atoms with E-state index in [0.29, 0.717) is 5.82 Å². The Morgan fingerprint density at radius 3 is 3.04 bits per heavy atom. The minimum absolute atomic E-state index is 0.230. The van der Waals surface area contributed by atoms with E-state index in [4.69, 9.17) is 0 Å². The second kappa shape index (κ2) is 6.16. The maximum absolute atomic E-state index is 12.4.